The maximum atomic E-state index is 12.8. The Morgan fingerprint density at radius 3 is 2.73 bits per heavy atom. The van der Waals surface area contributed by atoms with Gasteiger partial charge in [0.25, 0.3) is 5.91 Å². The number of nitrogens with zero attached hydrogens (tertiary/aromatic N) is 3. The summed E-state index contributed by atoms with van der Waals surface area (Å²) in [5.74, 6) is 0.408. The Morgan fingerprint density at radius 2 is 2.09 bits per heavy atom. The van der Waals surface area contributed by atoms with Crippen molar-refractivity contribution in [3.8, 4) is 0 Å². The first-order valence-electron chi connectivity index (χ1n) is 7.69. The predicted molar refractivity (Wildman–Crippen MR) is 87.4 cm³/mol. The number of halogens is 1. The molecule has 1 saturated heterocycles. The van der Waals surface area contributed by atoms with Crippen molar-refractivity contribution >= 4 is 17.5 Å². The van der Waals surface area contributed by atoms with Gasteiger partial charge < -0.3 is 4.90 Å². The fraction of sp³-hybridized carbons (Fsp3) is 0.412. The zero-order valence-corrected chi connectivity index (χ0v) is 13.7. The van der Waals surface area contributed by atoms with Crippen LogP contribution in [0.5, 0.6) is 0 Å². The minimum Gasteiger partial charge on any atom is -0.338 e. The number of likely N-dealkylation sites (tertiary alicyclic amines) is 1. The minimum atomic E-state index is 0.000584. The molecule has 1 atom stereocenters. The molecule has 0 saturated carbocycles. The summed E-state index contributed by atoms with van der Waals surface area (Å²) in [4.78, 5) is 14.7. The first-order valence-corrected chi connectivity index (χ1v) is 8.06. The van der Waals surface area contributed by atoms with Crippen molar-refractivity contribution in [2.45, 2.75) is 32.7 Å². The molecule has 5 heteroatoms. The number of benzene rings is 1. The topological polar surface area (TPSA) is 38.1 Å². The molecule has 0 radical (unpaired) electrons. The van der Waals surface area contributed by atoms with Gasteiger partial charge in [-0.15, -0.1) is 0 Å². The highest BCUT2D eigenvalue weighted by Gasteiger charge is 2.31. The lowest BCUT2D eigenvalue weighted by Gasteiger charge is -2.16. The van der Waals surface area contributed by atoms with Gasteiger partial charge in [-0.05, 0) is 25.8 Å². The van der Waals surface area contributed by atoms with Crippen LogP contribution in [0.4, 0.5) is 0 Å². The first-order chi connectivity index (χ1) is 10.6. The summed E-state index contributed by atoms with van der Waals surface area (Å²) in [7, 11) is 0. The highest BCUT2D eigenvalue weighted by molar-refractivity contribution is 6.33. The average Bonchev–Trinajstić information content (AvgIpc) is 3.13. The maximum absolute atomic E-state index is 12.8. The number of hydrogen-bond donors (Lipinski definition) is 0. The van der Waals surface area contributed by atoms with Crippen LogP contribution in [0.15, 0.2) is 30.3 Å². The normalized spacial score (nSPS) is 18.0. The lowest BCUT2D eigenvalue weighted by atomic mass is 9.99. The van der Waals surface area contributed by atoms with E-state index in [9.17, 15) is 4.79 Å². The Hall–Kier alpha value is -1.81. The number of rotatable bonds is 3. The van der Waals surface area contributed by atoms with E-state index in [1.54, 1.807) is 4.68 Å². The van der Waals surface area contributed by atoms with Crippen molar-refractivity contribution < 1.29 is 4.79 Å². The lowest BCUT2D eigenvalue weighted by molar-refractivity contribution is 0.0790. The molecule has 2 aromatic rings. The van der Waals surface area contributed by atoms with E-state index in [1.165, 1.54) is 5.56 Å². The molecule has 1 fully saturated rings. The summed E-state index contributed by atoms with van der Waals surface area (Å²) in [5, 5.41) is 4.79. The summed E-state index contributed by atoms with van der Waals surface area (Å²) in [6.07, 6.45) is 0.994. The van der Waals surface area contributed by atoms with Crippen LogP contribution in [-0.4, -0.2) is 33.7 Å². The van der Waals surface area contributed by atoms with Gasteiger partial charge in [0.1, 0.15) is 5.15 Å². The number of aryl methyl sites for hydroxylation is 2. The fourth-order valence-electron chi connectivity index (χ4n) is 3.11. The molecular weight excluding hydrogens is 298 g/mol. The molecule has 0 bridgehead atoms. The summed E-state index contributed by atoms with van der Waals surface area (Å²) in [6.45, 7) is 5.99. The fourth-order valence-corrected chi connectivity index (χ4v) is 3.48. The third kappa shape index (κ3) is 2.63. The Kier molecular flexibility index (Phi) is 4.21. The van der Waals surface area contributed by atoms with Crippen LogP contribution in [0.25, 0.3) is 0 Å². The van der Waals surface area contributed by atoms with Crippen LogP contribution in [0.3, 0.4) is 0 Å². The summed E-state index contributed by atoms with van der Waals surface area (Å²) >= 11 is 6.31. The van der Waals surface area contributed by atoms with Crippen molar-refractivity contribution in [1.29, 1.82) is 0 Å². The molecule has 22 heavy (non-hydrogen) atoms. The third-order valence-corrected chi connectivity index (χ3v) is 4.71. The van der Waals surface area contributed by atoms with Crippen LogP contribution in [-0.2, 0) is 6.54 Å². The highest BCUT2D eigenvalue weighted by atomic mass is 35.5. The molecule has 1 amide bonds. The van der Waals surface area contributed by atoms with Gasteiger partial charge in [0.05, 0.1) is 11.3 Å². The lowest BCUT2D eigenvalue weighted by Crippen LogP contribution is -2.29. The first kappa shape index (κ1) is 15.1. The van der Waals surface area contributed by atoms with Crippen LogP contribution < -0.4 is 0 Å². The van der Waals surface area contributed by atoms with Gasteiger partial charge >= 0.3 is 0 Å². The zero-order chi connectivity index (χ0) is 15.7. The second-order valence-electron chi connectivity index (χ2n) is 5.71. The van der Waals surface area contributed by atoms with Gasteiger partial charge in [-0.1, -0.05) is 41.9 Å². The second kappa shape index (κ2) is 6.13. The Labute approximate surface area is 135 Å². The van der Waals surface area contributed by atoms with E-state index < -0.39 is 0 Å². The SMILES string of the molecule is CCn1nc(C)c(C(=O)N2CCC(c3ccccc3)C2)c1Cl. The van der Waals surface area contributed by atoms with E-state index in [0.29, 0.717) is 28.9 Å². The molecule has 0 aliphatic carbocycles. The van der Waals surface area contributed by atoms with E-state index >= 15 is 0 Å². The van der Waals surface area contributed by atoms with Crippen molar-refractivity contribution in [3.05, 3.63) is 52.3 Å². The maximum Gasteiger partial charge on any atom is 0.258 e. The van der Waals surface area contributed by atoms with E-state index in [-0.39, 0.29) is 5.91 Å². The Balaban J connectivity index is 1.79. The zero-order valence-electron chi connectivity index (χ0n) is 12.9. The summed E-state index contributed by atoms with van der Waals surface area (Å²) in [6, 6.07) is 10.4. The van der Waals surface area contributed by atoms with Crippen LogP contribution in [0, 0.1) is 6.92 Å². The molecule has 0 spiro atoms. The Morgan fingerprint density at radius 1 is 1.36 bits per heavy atom. The summed E-state index contributed by atoms with van der Waals surface area (Å²) < 4.78 is 1.68. The molecule has 4 nitrogen and oxygen atoms in total. The predicted octanol–water partition coefficient (Wildman–Crippen LogP) is 3.49. The van der Waals surface area contributed by atoms with Gasteiger partial charge in [-0.25, -0.2) is 0 Å². The number of carbonyl (C=O) groups excluding carboxylic acids is 1. The molecular formula is C17H20ClN3O. The quantitative estimate of drug-likeness (QED) is 0.869. The van der Waals surface area contributed by atoms with E-state index in [4.69, 9.17) is 11.6 Å². The van der Waals surface area contributed by atoms with Gasteiger partial charge in [0, 0.05) is 25.6 Å². The number of amides is 1. The van der Waals surface area contributed by atoms with Crippen molar-refractivity contribution in [3.63, 3.8) is 0 Å². The van der Waals surface area contributed by atoms with E-state index in [2.05, 4.69) is 17.2 Å². The number of hydrogen-bond acceptors (Lipinski definition) is 2. The molecule has 1 aromatic heterocycles. The van der Waals surface area contributed by atoms with E-state index in [0.717, 1.165) is 19.5 Å². The smallest absolute Gasteiger partial charge is 0.258 e. The molecule has 116 valence electrons. The van der Waals surface area contributed by atoms with E-state index in [1.807, 2.05) is 36.9 Å². The molecule has 1 aliphatic heterocycles. The molecule has 1 unspecified atom stereocenters. The summed E-state index contributed by atoms with van der Waals surface area (Å²) in [5.41, 5.74) is 2.56. The Bertz CT molecular complexity index is 681. The van der Waals surface area contributed by atoms with Crippen LogP contribution in [0.1, 0.15) is 40.9 Å². The van der Waals surface area contributed by atoms with Crippen molar-refractivity contribution in [2.24, 2.45) is 0 Å². The van der Waals surface area contributed by atoms with Gasteiger partial charge in [0.2, 0.25) is 0 Å². The number of aromatic nitrogens is 2. The van der Waals surface area contributed by atoms with Crippen LogP contribution >= 0.6 is 11.6 Å². The second-order valence-corrected chi connectivity index (χ2v) is 6.07. The largest absolute Gasteiger partial charge is 0.338 e. The average molecular weight is 318 g/mol. The molecule has 1 aliphatic rings. The van der Waals surface area contributed by atoms with Crippen molar-refractivity contribution in [2.75, 3.05) is 13.1 Å². The molecule has 0 N–H and O–H groups in total. The third-order valence-electron chi connectivity index (χ3n) is 4.33. The van der Waals surface area contributed by atoms with Gasteiger partial charge in [-0.2, -0.15) is 5.10 Å². The van der Waals surface area contributed by atoms with Gasteiger partial charge in [0.15, 0.2) is 0 Å². The monoisotopic (exact) mass is 317 g/mol. The standard InChI is InChI=1S/C17H20ClN3O/c1-3-21-16(18)15(12(2)19-21)17(22)20-10-9-14(11-20)13-7-5-4-6-8-13/h4-8,14H,3,9-11H2,1-2H3. The highest BCUT2D eigenvalue weighted by Crippen LogP contribution is 2.30. The van der Waals surface area contributed by atoms with Crippen LogP contribution in [0.2, 0.25) is 5.15 Å². The van der Waals surface area contributed by atoms with Gasteiger partial charge in [-0.3, -0.25) is 9.48 Å². The number of carbonyl (C=O) groups is 1. The molecule has 3 rings (SSSR count). The molecule has 1 aromatic carbocycles. The molecule has 2 heterocycles. The van der Waals surface area contributed by atoms with Crippen molar-refractivity contribution in [1.82, 2.24) is 14.7 Å². The minimum absolute atomic E-state index is 0.000584.